The molecule has 0 amide bonds. The number of benzene rings is 2. The molecule has 0 aliphatic rings. The molecule has 5 nitrogen and oxygen atoms in total. The average molecular weight is 269 g/mol. The normalized spacial score (nSPS) is 12.7. The number of nitrogen functional groups attached to an aromatic ring is 1. The van der Waals surface area contributed by atoms with E-state index in [-0.39, 0.29) is 6.04 Å². The molecule has 4 N–H and O–H groups in total. The van der Waals surface area contributed by atoms with E-state index in [1.54, 1.807) is 0 Å². The second kappa shape index (κ2) is 4.86. The van der Waals surface area contributed by atoms with E-state index in [9.17, 15) is 4.79 Å². The minimum Gasteiger partial charge on any atom is -0.408 e. The molecule has 1 unspecified atom stereocenters. The summed E-state index contributed by atoms with van der Waals surface area (Å²) in [6.07, 6.45) is 0. The fraction of sp³-hybridized carbons (Fsp3) is 0.133. The Bertz CT molecular complexity index is 804. The van der Waals surface area contributed by atoms with Gasteiger partial charge in [0.2, 0.25) is 0 Å². The van der Waals surface area contributed by atoms with Crippen LogP contribution in [0.1, 0.15) is 17.2 Å². The largest absolute Gasteiger partial charge is 0.417 e. The molecule has 3 aromatic rings. The summed E-state index contributed by atoms with van der Waals surface area (Å²) in [5.74, 6) is -0.442. The lowest BCUT2D eigenvalue weighted by Crippen LogP contribution is -2.17. The van der Waals surface area contributed by atoms with Crippen LogP contribution in [0.5, 0.6) is 0 Å². The van der Waals surface area contributed by atoms with E-state index in [1.807, 2.05) is 49.5 Å². The number of fused-ring (bicyclic) bond motifs is 1. The van der Waals surface area contributed by atoms with Crippen molar-refractivity contribution < 1.29 is 4.42 Å². The third-order valence-electron chi connectivity index (χ3n) is 3.31. The van der Waals surface area contributed by atoms with E-state index in [1.165, 1.54) is 0 Å². The van der Waals surface area contributed by atoms with E-state index in [0.717, 1.165) is 16.8 Å². The molecule has 0 bridgehead atoms. The first-order chi connectivity index (χ1) is 9.67. The summed E-state index contributed by atoms with van der Waals surface area (Å²) < 4.78 is 5.10. The molecule has 3 rings (SSSR count). The van der Waals surface area contributed by atoms with Gasteiger partial charge in [-0.25, -0.2) is 4.79 Å². The topological polar surface area (TPSA) is 84.0 Å². The number of oxazole rings is 1. The molecule has 0 aliphatic carbocycles. The van der Waals surface area contributed by atoms with Gasteiger partial charge in [-0.1, -0.05) is 18.2 Å². The number of aromatic nitrogens is 1. The van der Waals surface area contributed by atoms with Crippen molar-refractivity contribution in [1.82, 2.24) is 10.3 Å². The van der Waals surface area contributed by atoms with Gasteiger partial charge in [-0.05, 0) is 42.4 Å². The maximum Gasteiger partial charge on any atom is 0.417 e. The molecule has 0 spiro atoms. The van der Waals surface area contributed by atoms with Crippen molar-refractivity contribution in [3.05, 3.63) is 64.1 Å². The molecule has 0 fully saturated rings. The summed E-state index contributed by atoms with van der Waals surface area (Å²) in [5, 5.41) is 3.25. The number of rotatable bonds is 3. The standard InChI is InChI=1S/C15H15N3O2/c1-17-14(9-3-2-4-11(16)7-9)10-5-6-12-13(8-10)20-15(19)18-12/h2-8,14,17H,16H2,1H3,(H,18,19). The van der Waals surface area contributed by atoms with Gasteiger partial charge in [0.05, 0.1) is 11.6 Å². The van der Waals surface area contributed by atoms with Crippen LogP contribution in [0.25, 0.3) is 11.1 Å². The molecule has 0 saturated heterocycles. The van der Waals surface area contributed by atoms with E-state index < -0.39 is 5.76 Å². The Morgan fingerprint density at radius 3 is 2.75 bits per heavy atom. The van der Waals surface area contributed by atoms with Crippen molar-refractivity contribution in [2.75, 3.05) is 12.8 Å². The van der Waals surface area contributed by atoms with Crippen LogP contribution in [0.3, 0.4) is 0 Å². The van der Waals surface area contributed by atoms with Crippen LogP contribution in [0.2, 0.25) is 0 Å². The molecule has 2 aromatic carbocycles. The van der Waals surface area contributed by atoms with E-state index in [0.29, 0.717) is 11.1 Å². The molecular formula is C15H15N3O2. The SMILES string of the molecule is CNC(c1cccc(N)c1)c1ccc2[nH]c(=O)oc2c1. The van der Waals surface area contributed by atoms with Crippen molar-refractivity contribution in [2.24, 2.45) is 0 Å². The van der Waals surface area contributed by atoms with E-state index in [2.05, 4.69) is 10.3 Å². The molecule has 1 atom stereocenters. The van der Waals surface area contributed by atoms with Crippen molar-refractivity contribution in [1.29, 1.82) is 0 Å². The van der Waals surface area contributed by atoms with Crippen molar-refractivity contribution >= 4 is 16.8 Å². The van der Waals surface area contributed by atoms with Crippen LogP contribution in [-0.2, 0) is 0 Å². The first kappa shape index (κ1) is 12.5. The van der Waals surface area contributed by atoms with Crippen molar-refractivity contribution in [3.8, 4) is 0 Å². The molecule has 1 aromatic heterocycles. The summed E-state index contributed by atoms with van der Waals surface area (Å²) in [7, 11) is 1.88. The van der Waals surface area contributed by atoms with E-state index >= 15 is 0 Å². The second-order valence-electron chi connectivity index (χ2n) is 4.66. The maximum atomic E-state index is 11.2. The van der Waals surface area contributed by atoms with Crippen LogP contribution in [0, 0.1) is 0 Å². The lowest BCUT2D eigenvalue weighted by atomic mass is 9.98. The Hall–Kier alpha value is -2.53. The Morgan fingerprint density at radius 1 is 1.20 bits per heavy atom. The summed E-state index contributed by atoms with van der Waals surface area (Å²) in [4.78, 5) is 13.8. The van der Waals surface area contributed by atoms with Gasteiger partial charge in [-0.2, -0.15) is 0 Å². The van der Waals surface area contributed by atoms with Gasteiger partial charge in [-0.15, -0.1) is 0 Å². The summed E-state index contributed by atoms with van der Waals surface area (Å²) in [5.41, 5.74) is 9.87. The number of aromatic amines is 1. The lowest BCUT2D eigenvalue weighted by molar-refractivity contribution is 0.554. The molecule has 20 heavy (non-hydrogen) atoms. The number of H-pyrrole nitrogens is 1. The zero-order chi connectivity index (χ0) is 14.1. The van der Waals surface area contributed by atoms with Crippen LogP contribution in [0.15, 0.2) is 51.7 Å². The van der Waals surface area contributed by atoms with Gasteiger partial charge in [0.15, 0.2) is 5.58 Å². The quantitative estimate of drug-likeness (QED) is 0.635. The highest BCUT2D eigenvalue weighted by atomic mass is 16.4. The highest BCUT2D eigenvalue weighted by molar-refractivity contribution is 5.73. The summed E-state index contributed by atoms with van der Waals surface area (Å²) in [6.45, 7) is 0. The fourth-order valence-electron chi connectivity index (χ4n) is 2.41. The first-order valence-electron chi connectivity index (χ1n) is 6.33. The Kier molecular flexibility index (Phi) is 3.04. The molecule has 5 heteroatoms. The smallest absolute Gasteiger partial charge is 0.408 e. The van der Waals surface area contributed by atoms with Crippen LogP contribution >= 0.6 is 0 Å². The van der Waals surface area contributed by atoms with Gasteiger partial charge in [0.25, 0.3) is 0 Å². The number of anilines is 1. The summed E-state index contributed by atoms with van der Waals surface area (Å²) in [6, 6.07) is 13.4. The molecule has 0 saturated carbocycles. The molecule has 0 radical (unpaired) electrons. The zero-order valence-electron chi connectivity index (χ0n) is 11.0. The van der Waals surface area contributed by atoms with Gasteiger partial charge in [0.1, 0.15) is 0 Å². The third kappa shape index (κ3) is 2.19. The zero-order valence-corrected chi connectivity index (χ0v) is 11.0. The Morgan fingerprint density at radius 2 is 2.00 bits per heavy atom. The lowest BCUT2D eigenvalue weighted by Gasteiger charge is -2.17. The minimum atomic E-state index is -0.442. The third-order valence-corrected chi connectivity index (χ3v) is 3.31. The Balaban J connectivity index is 2.08. The Labute approximate surface area is 115 Å². The minimum absolute atomic E-state index is 0.0110. The molecule has 1 heterocycles. The van der Waals surface area contributed by atoms with Gasteiger partial charge in [-0.3, -0.25) is 4.98 Å². The summed E-state index contributed by atoms with van der Waals surface area (Å²) >= 11 is 0. The van der Waals surface area contributed by atoms with Gasteiger partial charge < -0.3 is 15.5 Å². The fourth-order valence-corrected chi connectivity index (χ4v) is 2.41. The highest BCUT2D eigenvalue weighted by Crippen LogP contribution is 2.25. The maximum absolute atomic E-state index is 11.2. The number of hydrogen-bond donors (Lipinski definition) is 3. The van der Waals surface area contributed by atoms with Crippen molar-refractivity contribution in [2.45, 2.75) is 6.04 Å². The number of nitrogens with one attached hydrogen (secondary N) is 2. The predicted molar refractivity (Wildman–Crippen MR) is 78.6 cm³/mol. The molecular weight excluding hydrogens is 254 g/mol. The van der Waals surface area contributed by atoms with Gasteiger partial charge >= 0.3 is 5.76 Å². The molecule has 0 aliphatic heterocycles. The monoisotopic (exact) mass is 269 g/mol. The number of hydrogen-bond acceptors (Lipinski definition) is 4. The van der Waals surface area contributed by atoms with Gasteiger partial charge in [0, 0.05) is 5.69 Å². The number of nitrogens with two attached hydrogens (primary N) is 1. The highest BCUT2D eigenvalue weighted by Gasteiger charge is 2.13. The first-order valence-corrected chi connectivity index (χ1v) is 6.33. The average Bonchev–Trinajstić information content (AvgIpc) is 2.79. The predicted octanol–water partition coefficient (Wildman–Crippen LogP) is 2.01. The molecule has 102 valence electrons. The van der Waals surface area contributed by atoms with Crippen LogP contribution < -0.4 is 16.8 Å². The van der Waals surface area contributed by atoms with Crippen molar-refractivity contribution in [3.63, 3.8) is 0 Å². The van der Waals surface area contributed by atoms with Crippen LogP contribution in [0.4, 0.5) is 5.69 Å². The van der Waals surface area contributed by atoms with E-state index in [4.69, 9.17) is 10.2 Å². The van der Waals surface area contributed by atoms with Crippen LogP contribution in [-0.4, -0.2) is 12.0 Å². The second-order valence-corrected chi connectivity index (χ2v) is 4.66.